The van der Waals surface area contributed by atoms with Crippen LogP contribution >= 0.6 is 0 Å². The lowest BCUT2D eigenvalue weighted by atomic mass is 10.2. The van der Waals surface area contributed by atoms with Gasteiger partial charge in [0.15, 0.2) is 0 Å². The first kappa shape index (κ1) is 14.4. The Hall–Kier alpha value is -0.610. The molecular formula is C11H24N2O2. The summed E-state index contributed by atoms with van der Waals surface area (Å²) < 4.78 is 5.54. The van der Waals surface area contributed by atoms with E-state index in [4.69, 9.17) is 10.5 Å². The average molecular weight is 216 g/mol. The number of hydrogen-bond acceptors (Lipinski definition) is 3. The van der Waals surface area contributed by atoms with Crippen molar-refractivity contribution in [3.63, 3.8) is 0 Å². The van der Waals surface area contributed by atoms with Crippen LogP contribution in [0.25, 0.3) is 0 Å². The first-order chi connectivity index (χ1) is 6.97. The molecule has 90 valence electrons. The van der Waals surface area contributed by atoms with E-state index < -0.39 is 0 Å². The lowest BCUT2D eigenvalue weighted by molar-refractivity contribution is -0.122. The highest BCUT2D eigenvalue weighted by Gasteiger charge is 2.17. The molecule has 3 N–H and O–H groups in total. The van der Waals surface area contributed by atoms with Gasteiger partial charge in [-0.15, -0.1) is 0 Å². The van der Waals surface area contributed by atoms with Gasteiger partial charge in [-0.2, -0.15) is 0 Å². The highest BCUT2D eigenvalue weighted by Crippen LogP contribution is 2.01. The molecule has 1 amide bonds. The lowest BCUT2D eigenvalue weighted by Crippen LogP contribution is -2.47. The van der Waals surface area contributed by atoms with Gasteiger partial charge < -0.3 is 15.8 Å². The number of primary amides is 1. The van der Waals surface area contributed by atoms with Crippen LogP contribution in [0.5, 0.6) is 0 Å². The molecule has 0 aliphatic carbocycles. The molecule has 0 aromatic rings. The molecule has 0 fully saturated rings. The van der Waals surface area contributed by atoms with Crippen LogP contribution in [0, 0.1) is 0 Å². The Morgan fingerprint density at radius 1 is 1.40 bits per heavy atom. The zero-order valence-electron chi connectivity index (χ0n) is 10.2. The van der Waals surface area contributed by atoms with Crippen LogP contribution in [-0.4, -0.2) is 30.7 Å². The molecule has 0 aliphatic heterocycles. The minimum absolute atomic E-state index is 0.186. The van der Waals surface area contributed by atoms with Crippen LogP contribution in [0.1, 0.15) is 40.5 Å². The maximum absolute atomic E-state index is 11.1. The van der Waals surface area contributed by atoms with Crippen LogP contribution in [0.15, 0.2) is 0 Å². The summed E-state index contributed by atoms with van der Waals surface area (Å²) in [4.78, 5) is 11.1. The minimum atomic E-state index is -0.385. The fourth-order valence-corrected chi connectivity index (χ4v) is 1.37. The Balaban J connectivity index is 3.90. The second-order valence-corrected chi connectivity index (χ2v) is 4.21. The van der Waals surface area contributed by atoms with Crippen LogP contribution in [0.3, 0.4) is 0 Å². The molecule has 0 saturated carbocycles. The van der Waals surface area contributed by atoms with Crippen molar-refractivity contribution >= 4 is 5.91 Å². The van der Waals surface area contributed by atoms with Gasteiger partial charge in [0.25, 0.3) is 0 Å². The van der Waals surface area contributed by atoms with E-state index in [1.807, 2.05) is 20.8 Å². The summed E-state index contributed by atoms with van der Waals surface area (Å²) in [7, 11) is 0. The number of nitrogens with two attached hydrogens (primary N) is 1. The zero-order chi connectivity index (χ0) is 11.8. The van der Waals surface area contributed by atoms with E-state index in [1.54, 1.807) is 0 Å². The number of rotatable bonds is 8. The molecule has 4 nitrogen and oxygen atoms in total. The third-order valence-corrected chi connectivity index (χ3v) is 2.12. The summed E-state index contributed by atoms with van der Waals surface area (Å²) in [5.41, 5.74) is 5.26. The predicted molar refractivity (Wildman–Crippen MR) is 61.6 cm³/mol. The van der Waals surface area contributed by atoms with E-state index in [-0.39, 0.29) is 24.1 Å². The number of carbonyl (C=O) groups is 1. The first-order valence-corrected chi connectivity index (χ1v) is 5.64. The Morgan fingerprint density at radius 3 is 2.40 bits per heavy atom. The van der Waals surface area contributed by atoms with E-state index in [0.717, 1.165) is 12.8 Å². The van der Waals surface area contributed by atoms with Gasteiger partial charge in [0.05, 0.1) is 12.7 Å². The fourth-order valence-electron chi connectivity index (χ4n) is 1.37. The smallest absolute Gasteiger partial charge is 0.236 e. The summed E-state index contributed by atoms with van der Waals surface area (Å²) in [6.45, 7) is 8.43. The molecule has 0 aromatic heterocycles. The minimum Gasteiger partial charge on any atom is -0.376 e. The summed E-state index contributed by atoms with van der Waals surface area (Å²) in [6, 6.07) is -0.156. The molecule has 4 heteroatoms. The topological polar surface area (TPSA) is 64.3 Å². The fraction of sp³-hybridized carbons (Fsp3) is 0.909. The molecule has 2 atom stereocenters. The van der Waals surface area contributed by atoms with Gasteiger partial charge in [0.2, 0.25) is 5.91 Å². The Kier molecular flexibility index (Phi) is 7.34. The molecule has 0 heterocycles. The van der Waals surface area contributed by atoms with Crippen molar-refractivity contribution in [3.8, 4) is 0 Å². The Labute approximate surface area is 92.6 Å². The van der Waals surface area contributed by atoms with E-state index in [2.05, 4.69) is 12.2 Å². The highest BCUT2D eigenvalue weighted by atomic mass is 16.5. The van der Waals surface area contributed by atoms with E-state index in [1.165, 1.54) is 0 Å². The van der Waals surface area contributed by atoms with E-state index in [9.17, 15) is 4.79 Å². The van der Waals surface area contributed by atoms with Crippen molar-refractivity contribution in [2.45, 2.75) is 58.7 Å². The van der Waals surface area contributed by atoms with E-state index >= 15 is 0 Å². The van der Waals surface area contributed by atoms with Crippen LogP contribution < -0.4 is 11.1 Å². The van der Waals surface area contributed by atoms with Crippen molar-refractivity contribution in [1.82, 2.24) is 5.32 Å². The Bertz CT molecular complexity index is 183. The molecule has 0 aliphatic rings. The molecule has 0 bridgehead atoms. The molecule has 15 heavy (non-hydrogen) atoms. The quantitative estimate of drug-likeness (QED) is 0.637. The molecular weight excluding hydrogens is 192 g/mol. The molecule has 0 rings (SSSR count). The number of amides is 1. The van der Waals surface area contributed by atoms with Gasteiger partial charge in [0.1, 0.15) is 6.04 Å². The molecule has 0 spiro atoms. The van der Waals surface area contributed by atoms with Crippen LogP contribution in [0.2, 0.25) is 0 Å². The molecule has 2 unspecified atom stereocenters. The second-order valence-electron chi connectivity index (χ2n) is 4.21. The average Bonchev–Trinajstić information content (AvgIpc) is 2.11. The van der Waals surface area contributed by atoms with Gasteiger partial charge in [-0.05, 0) is 13.3 Å². The zero-order valence-corrected chi connectivity index (χ0v) is 10.2. The van der Waals surface area contributed by atoms with Gasteiger partial charge >= 0.3 is 0 Å². The summed E-state index contributed by atoms with van der Waals surface area (Å²) >= 11 is 0. The van der Waals surface area contributed by atoms with Crippen molar-refractivity contribution in [3.05, 3.63) is 0 Å². The third kappa shape index (κ3) is 7.33. The standard InChI is InChI=1S/C11H24N2O2/c1-5-6-9(4)15-7-10(11(12)14)13-8(2)3/h8-10,13H,5-7H2,1-4H3,(H2,12,14). The number of hydrogen-bond donors (Lipinski definition) is 2. The highest BCUT2D eigenvalue weighted by molar-refractivity contribution is 5.80. The number of nitrogens with one attached hydrogen (secondary N) is 1. The van der Waals surface area contributed by atoms with Crippen molar-refractivity contribution < 1.29 is 9.53 Å². The summed E-state index contributed by atoms with van der Waals surface area (Å²) in [6.07, 6.45) is 2.28. The van der Waals surface area contributed by atoms with Crippen molar-refractivity contribution in [2.75, 3.05) is 6.61 Å². The lowest BCUT2D eigenvalue weighted by Gasteiger charge is -2.20. The molecule has 0 aromatic carbocycles. The van der Waals surface area contributed by atoms with Gasteiger partial charge in [-0.25, -0.2) is 0 Å². The Morgan fingerprint density at radius 2 is 2.00 bits per heavy atom. The van der Waals surface area contributed by atoms with Gasteiger partial charge in [0, 0.05) is 6.04 Å². The predicted octanol–water partition coefficient (Wildman–Crippen LogP) is 1.04. The summed E-state index contributed by atoms with van der Waals surface area (Å²) in [5, 5.41) is 3.08. The maximum atomic E-state index is 11.1. The van der Waals surface area contributed by atoms with Crippen LogP contribution in [-0.2, 0) is 9.53 Å². The van der Waals surface area contributed by atoms with Crippen molar-refractivity contribution in [1.29, 1.82) is 0 Å². The maximum Gasteiger partial charge on any atom is 0.236 e. The largest absolute Gasteiger partial charge is 0.376 e. The normalized spacial score (nSPS) is 15.3. The molecule has 0 saturated heterocycles. The van der Waals surface area contributed by atoms with Crippen molar-refractivity contribution in [2.24, 2.45) is 5.73 Å². The second kappa shape index (κ2) is 7.65. The SMILES string of the molecule is CCCC(C)OCC(NC(C)C)C(N)=O. The monoisotopic (exact) mass is 216 g/mol. The first-order valence-electron chi connectivity index (χ1n) is 5.64. The van der Waals surface area contributed by atoms with Gasteiger partial charge in [-0.3, -0.25) is 4.79 Å². The number of carbonyl (C=O) groups excluding carboxylic acids is 1. The van der Waals surface area contributed by atoms with E-state index in [0.29, 0.717) is 6.61 Å². The number of ether oxygens (including phenoxy) is 1. The summed E-state index contributed by atoms with van der Waals surface area (Å²) in [5.74, 6) is -0.354. The van der Waals surface area contributed by atoms with Crippen LogP contribution in [0.4, 0.5) is 0 Å². The van der Waals surface area contributed by atoms with Gasteiger partial charge in [-0.1, -0.05) is 27.2 Å². The third-order valence-electron chi connectivity index (χ3n) is 2.12. The molecule has 0 radical (unpaired) electrons.